The van der Waals surface area contributed by atoms with E-state index in [0.717, 1.165) is 12.5 Å². The zero-order valence-corrected chi connectivity index (χ0v) is 9.45. The van der Waals surface area contributed by atoms with Crippen molar-refractivity contribution in [1.82, 2.24) is 14.9 Å². The molecule has 15 heavy (non-hydrogen) atoms. The molecule has 0 aliphatic carbocycles. The second kappa shape index (κ2) is 5.38. The molecule has 0 aliphatic rings. The number of nitrogens with one attached hydrogen (secondary N) is 2. The predicted octanol–water partition coefficient (Wildman–Crippen LogP) is 0.839. The molecule has 1 amide bonds. The summed E-state index contributed by atoms with van der Waals surface area (Å²) in [6.07, 6.45) is 3.60. The SMILES string of the molecule is CCNC(=O)C(C)Nc1nccn1CC. The van der Waals surface area contributed by atoms with E-state index in [-0.39, 0.29) is 11.9 Å². The largest absolute Gasteiger partial charge is 0.355 e. The molecule has 1 atom stereocenters. The van der Waals surface area contributed by atoms with E-state index < -0.39 is 0 Å². The van der Waals surface area contributed by atoms with Crippen molar-refractivity contribution in [2.75, 3.05) is 11.9 Å². The van der Waals surface area contributed by atoms with Gasteiger partial charge in [-0.3, -0.25) is 4.79 Å². The van der Waals surface area contributed by atoms with Gasteiger partial charge in [0.05, 0.1) is 0 Å². The van der Waals surface area contributed by atoms with E-state index in [9.17, 15) is 4.79 Å². The summed E-state index contributed by atoms with van der Waals surface area (Å²) in [7, 11) is 0. The molecule has 1 unspecified atom stereocenters. The maximum atomic E-state index is 11.5. The molecule has 0 spiro atoms. The average molecular weight is 210 g/mol. The van der Waals surface area contributed by atoms with E-state index in [2.05, 4.69) is 15.6 Å². The number of aryl methyl sites for hydroxylation is 1. The Labute approximate surface area is 89.9 Å². The molecule has 84 valence electrons. The number of carbonyl (C=O) groups excluding carboxylic acids is 1. The molecule has 0 saturated carbocycles. The van der Waals surface area contributed by atoms with Crippen LogP contribution in [0, 0.1) is 0 Å². The number of nitrogens with zero attached hydrogens (tertiary/aromatic N) is 2. The highest BCUT2D eigenvalue weighted by atomic mass is 16.2. The lowest BCUT2D eigenvalue weighted by Crippen LogP contribution is -2.38. The van der Waals surface area contributed by atoms with Crippen LogP contribution in [-0.2, 0) is 11.3 Å². The fraction of sp³-hybridized carbons (Fsp3) is 0.600. The first kappa shape index (κ1) is 11.6. The molecule has 5 nitrogen and oxygen atoms in total. The van der Waals surface area contributed by atoms with E-state index in [0.29, 0.717) is 6.54 Å². The van der Waals surface area contributed by atoms with Crippen molar-refractivity contribution in [3.8, 4) is 0 Å². The van der Waals surface area contributed by atoms with Crippen LogP contribution in [0.2, 0.25) is 0 Å². The number of likely N-dealkylation sites (N-methyl/N-ethyl adjacent to an activating group) is 1. The van der Waals surface area contributed by atoms with Crippen molar-refractivity contribution >= 4 is 11.9 Å². The summed E-state index contributed by atoms with van der Waals surface area (Å²) >= 11 is 0. The summed E-state index contributed by atoms with van der Waals surface area (Å²) in [5.41, 5.74) is 0. The Morgan fingerprint density at radius 2 is 2.33 bits per heavy atom. The number of imidazole rings is 1. The van der Waals surface area contributed by atoms with Gasteiger partial charge in [-0.2, -0.15) is 0 Å². The van der Waals surface area contributed by atoms with Crippen molar-refractivity contribution < 1.29 is 4.79 Å². The highest BCUT2D eigenvalue weighted by Crippen LogP contribution is 2.05. The van der Waals surface area contributed by atoms with Crippen molar-refractivity contribution in [3.05, 3.63) is 12.4 Å². The number of anilines is 1. The van der Waals surface area contributed by atoms with Gasteiger partial charge >= 0.3 is 0 Å². The Morgan fingerprint density at radius 1 is 1.60 bits per heavy atom. The van der Waals surface area contributed by atoms with E-state index in [1.54, 1.807) is 6.20 Å². The molecule has 0 saturated heterocycles. The Morgan fingerprint density at radius 3 is 2.93 bits per heavy atom. The predicted molar refractivity (Wildman–Crippen MR) is 59.7 cm³/mol. The molecule has 0 bridgehead atoms. The van der Waals surface area contributed by atoms with Crippen LogP contribution in [0.15, 0.2) is 12.4 Å². The molecule has 1 rings (SSSR count). The van der Waals surface area contributed by atoms with Crippen LogP contribution in [0.3, 0.4) is 0 Å². The zero-order chi connectivity index (χ0) is 11.3. The number of rotatable bonds is 5. The maximum absolute atomic E-state index is 11.5. The molecule has 0 radical (unpaired) electrons. The normalized spacial score (nSPS) is 12.2. The second-order valence-corrected chi connectivity index (χ2v) is 3.30. The van der Waals surface area contributed by atoms with Crippen LogP contribution in [0.25, 0.3) is 0 Å². The fourth-order valence-electron chi connectivity index (χ4n) is 1.29. The first-order chi connectivity index (χ1) is 7.19. The van der Waals surface area contributed by atoms with Gasteiger partial charge in [-0.1, -0.05) is 0 Å². The molecule has 0 aliphatic heterocycles. The van der Waals surface area contributed by atoms with E-state index in [1.165, 1.54) is 0 Å². The van der Waals surface area contributed by atoms with Gasteiger partial charge in [0.1, 0.15) is 6.04 Å². The molecule has 0 aromatic carbocycles. The smallest absolute Gasteiger partial charge is 0.242 e. The topological polar surface area (TPSA) is 59.0 Å². The van der Waals surface area contributed by atoms with E-state index >= 15 is 0 Å². The number of carbonyl (C=O) groups is 1. The number of hydrogen-bond acceptors (Lipinski definition) is 3. The average Bonchev–Trinajstić information content (AvgIpc) is 2.65. The molecular formula is C10H18N4O. The molecule has 1 aromatic rings. The summed E-state index contributed by atoms with van der Waals surface area (Å²) in [4.78, 5) is 15.6. The lowest BCUT2D eigenvalue weighted by atomic mass is 10.3. The second-order valence-electron chi connectivity index (χ2n) is 3.30. The Kier molecular flexibility index (Phi) is 4.15. The number of aromatic nitrogens is 2. The number of amides is 1. The number of hydrogen-bond donors (Lipinski definition) is 2. The summed E-state index contributed by atoms with van der Waals surface area (Å²) in [5, 5.41) is 5.82. The monoisotopic (exact) mass is 210 g/mol. The molecule has 2 N–H and O–H groups in total. The van der Waals surface area contributed by atoms with Crippen LogP contribution in [-0.4, -0.2) is 28.0 Å². The highest BCUT2D eigenvalue weighted by Gasteiger charge is 2.13. The van der Waals surface area contributed by atoms with Crippen LogP contribution in [0.5, 0.6) is 0 Å². The first-order valence-electron chi connectivity index (χ1n) is 5.24. The van der Waals surface area contributed by atoms with Gasteiger partial charge in [-0.05, 0) is 20.8 Å². The standard InChI is InChI=1S/C10H18N4O/c1-4-11-9(15)8(3)13-10-12-6-7-14(10)5-2/h6-8H,4-5H2,1-3H3,(H,11,15)(H,12,13). The van der Waals surface area contributed by atoms with Crippen LogP contribution in [0.1, 0.15) is 20.8 Å². The molecule has 0 fully saturated rings. The van der Waals surface area contributed by atoms with Gasteiger partial charge < -0.3 is 15.2 Å². The summed E-state index contributed by atoms with van der Waals surface area (Å²) in [6.45, 7) is 7.23. The van der Waals surface area contributed by atoms with Crippen molar-refractivity contribution in [2.45, 2.75) is 33.4 Å². The van der Waals surface area contributed by atoms with Crippen LogP contribution < -0.4 is 10.6 Å². The van der Waals surface area contributed by atoms with E-state index in [4.69, 9.17) is 0 Å². The molecule has 5 heteroatoms. The molecule has 1 aromatic heterocycles. The minimum atomic E-state index is -0.266. The van der Waals surface area contributed by atoms with Crippen LogP contribution in [0.4, 0.5) is 5.95 Å². The van der Waals surface area contributed by atoms with Gasteiger partial charge in [-0.25, -0.2) is 4.98 Å². The first-order valence-corrected chi connectivity index (χ1v) is 5.24. The quantitative estimate of drug-likeness (QED) is 0.757. The minimum Gasteiger partial charge on any atom is -0.355 e. The summed E-state index contributed by atoms with van der Waals surface area (Å²) < 4.78 is 1.95. The Bertz CT molecular complexity index is 321. The highest BCUT2D eigenvalue weighted by molar-refractivity contribution is 5.83. The Hall–Kier alpha value is -1.52. The van der Waals surface area contributed by atoms with Gasteiger partial charge in [0, 0.05) is 25.5 Å². The summed E-state index contributed by atoms with van der Waals surface area (Å²) in [6, 6.07) is -0.266. The van der Waals surface area contributed by atoms with Crippen molar-refractivity contribution in [3.63, 3.8) is 0 Å². The third-order valence-electron chi connectivity index (χ3n) is 2.15. The van der Waals surface area contributed by atoms with Crippen LogP contribution >= 0.6 is 0 Å². The Balaban J connectivity index is 2.57. The van der Waals surface area contributed by atoms with Gasteiger partial charge in [0.25, 0.3) is 0 Å². The van der Waals surface area contributed by atoms with Crippen molar-refractivity contribution in [2.24, 2.45) is 0 Å². The molecular weight excluding hydrogens is 192 g/mol. The molecule has 1 heterocycles. The third kappa shape index (κ3) is 2.97. The third-order valence-corrected chi connectivity index (χ3v) is 2.15. The fourth-order valence-corrected chi connectivity index (χ4v) is 1.29. The van der Waals surface area contributed by atoms with Crippen molar-refractivity contribution in [1.29, 1.82) is 0 Å². The minimum absolute atomic E-state index is 0.0110. The van der Waals surface area contributed by atoms with Gasteiger partial charge in [0.15, 0.2) is 0 Å². The zero-order valence-electron chi connectivity index (χ0n) is 9.45. The lowest BCUT2D eigenvalue weighted by molar-refractivity contribution is -0.121. The van der Waals surface area contributed by atoms with E-state index in [1.807, 2.05) is 31.5 Å². The van der Waals surface area contributed by atoms with Gasteiger partial charge in [-0.15, -0.1) is 0 Å². The van der Waals surface area contributed by atoms with Gasteiger partial charge in [0.2, 0.25) is 11.9 Å². The lowest BCUT2D eigenvalue weighted by Gasteiger charge is -2.14. The summed E-state index contributed by atoms with van der Waals surface area (Å²) in [5.74, 6) is 0.722. The maximum Gasteiger partial charge on any atom is 0.242 e.